The summed E-state index contributed by atoms with van der Waals surface area (Å²) >= 11 is 0. The molecule has 0 aliphatic heterocycles. The van der Waals surface area contributed by atoms with Gasteiger partial charge in [0.1, 0.15) is 0 Å². The minimum absolute atomic E-state index is 0.0336. The van der Waals surface area contributed by atoms with Crippen molar-refractivity contribution in [3.8, 4) is 0 Å². The summed E-state index contributed by atoms with van der Waals surface area (Å²) in [4.78, 5) is 23.3. The third-order valence-electron chi connectivity index (χ3n) is 3.08. The van der Waals surface area contributed by atoms with Crippen molar-refractivity contribution in [1.82, 2.24) is 5.32 Å². The van der Waals surface area contributed by atoms with E-state index < -0.39 is 5.41 Å². The van der Waals surface area contributed by atoms with E-state index >= 15 is 0 Å². The predicted molar refractivity (Wildman–Crippen MR) is 65.3 cm³/mol. The van der Waals surface area contributed by atoms with Gasteiger partial charge in [0.25, 0.3) is 0 Å². The van der Waals surface area contributed by atoms with Crippen LogP contribution in [0.3, 0.4) is 0 Å². The lowest BCUT2D eigenvalue weighted by Crippen LogP contribution is -2.42. The normalized spacial score (nSPS) is 19.8. The fourth-order valence-corrected chi connectivity index (χ4v) is 1.83. The van der Waals surface area contributed by atoms with Crippen LogP contribution in [-0.4, -0.2) is 25.5 Å². The Labute approximate surface area is 102 Å². The molecule has 4 heteroatoms. The quantitative estimate of drug-likeness (QED) is 0.599. The van der Waals surface area contributed by atoms with Crippen LogP contribution in [-0.2, 0) is 14.3 Å². The number of ether oxygens (including phenoxy) is 1. The van der Waals surface area contributed by atoms with Crippen LogP contribution in [0.1, 0.15) is 33.1 Å². The Hall–Kier alpha value is -1.32. The number of amides is 1. The Balaban J connectivity index is 2.42. The Morgan fingerprint density at radius 3 is 2.65 bits per heavy atom. The molecule has 0 saturated heterocycles. The lowest BCUT2D eigenvalue weighted by Gasteiger charge is -2.24. The van der Waals surface area contributed by atoms with Crippen LogP contribution in [0, 0.1) is 11.3 Å². The first-order chi connectivity index (χ1) is 7.97. The van der Waals surface area contributed by atoms with E-state index in [0.717, 1.165) is 19.3 Å². The van der Waals surface area contributed by atoms with Crippen LogP contribution >= 0.6 is 0 Å². The smallest absolute Gasteiger partial charge is 0.313 e. The fourth-order valence-electron chi connectivity index (χ4n) is 1.83. The SMILES string of the molecule is COC(=O)C(C)(C)CNC(=O)C1CC=CCC1. The van der Waals surface area contributed by atoms with Crippen LogP contribution in [0.25, 0.3) is 0 Å². The summed E-state index contributed by atoms with van der Waals surface area (Å²) in [5, 5.41) is 2.83. The molecule has 1 aliphatic rings. The number of allylic oxidation sites excluding steroid dienone is 2. The first-order valence-electron chi connectivity index (χ1n) is 5.98. The van der Waals surface area contributed by atoms with E-state index in [1.807, 2.05) is 6.08 Å². The van der Waals surface area contributed by atoms with E-state index in [0.29, 0.717) is 6.54 Å². The van der Waals surface area contributed by atoms with Gasteiger partial charge in [0.2, 0.25) is 5.91 Å². The molecule has 1 rings (SSSR count). The third kappa shape index (κ3) is 3.88. The van der Waals surface area contributed by atoms with Gasteiger partial charge in [0.15, 0.2) is 0 Å². The molecule has 1 unspecified atom stereocenters. The molecule has 0 aromatic carbocycles. The number of carbonyl (C=O) groups is 2. The van der Waals surface area contributed by atoms with Crippen molar-refractivity contribution in [3.05, 3.63) is 12.2 Å². The molecular formula is C13H21NO3. The van der Waals surface area contributed by atoms with E-state index in [1.54, 1.807) is 13.8 Å². The number of rotatable bonds is 4. The lowest BCUT2D eigenvalue weighted by molar-refractivity contribution is -0.150. The highest BCUT2D eigenvalue weighted by Crippen LogP contribution is 2.20. The van der Waals surface area contributed by atoms with Crippen molar-refractivity contribution in [2.45, 2.75) is 33.1 Å². The van der Waals surface area contributed by atoms with Crippen molar-refractivity contribution in [3.63, 3.8) is 0 Å². The molecule has 1 atom stereocenters. The number of hydrogen-bond acceptors (Lipinski definition) is 3. The molecule has 0 aromatic heterocycles. The number of carbonyl (C=O) groups excluding carboxylic acids is 2. The Morgan fingerprint density at radius 2 is 2.12 bits per heavy atom. The van der Waals surface area contributed by atoms with Crippen molar-refractivity contribution in [2.75, 3.05) is 13.7 Å². The molecule has 0 heterocycles. The summed E-state index contributed by atoms with van der Waals surface area (Å²) in [6, 6.07) is 0. The van der Waals surface area contributed by atoms with E-state index in [4.69, 9.17) is 4.74 Å². The number of esters is 1. The Kier molecular flexibility index (Phi) is 4.73. The minimum Gasteiger partial charge on any atom is -0.469 e. The fraction of sp³-hybridized carbons (Fsp3) is 0.692. The summed E-state index contributed by atoms with van der Waals surface area (Å²) in [6.45, 7) is 3.85. The largest absolute Gasteiger partial charge is 0.469 e. The summed E-state index contributed by atoms with van der Waals surface area (Å²) in [7, 11) is 1.36. The zero-order valence-electron chi connectivity index (χ0n) is 10.8. The van der Waals surface area contributed by atoms with Crippen LogP contribution in [0.4, 0.5) is 0 Å². The standard InChI is InChI=1S/C13H21NO3/c1-13(2,12(16)17-3)9-14-11(15)10-7-5-4-6-8-10/h4-5,10H,6-9H2,1-3H3,(H,14,15). The van der Waals surface area contributed by atoms with Crippen molar-refractivity contribution < 1.29 is 14.3 Å². The molecule has 0 saturated carbocycles. The van der Waals surface area contributed by atoms with Crippen LogP contribution < -0.4 is 5.32 Å². The lowest BCUT2D eigenvalue weighted by atomic mass is 9.91. The maximum atomic E-state index is 11.9. The average molecular weight is 239 g/mol. The summed E-state index contributed by atoms with van der Waals surface area (Å²) in [5.41, 5.74) is -0.672. The molecular weight excluding hydrogens is 218 g/mol. The van der Waals surface area contributed by atoms with Crippen molar-refractivity contribution >= 4 is 11.9 Å². The highest BCUT2D eigenvalue weighted by molar-refractivity contribution is 5.81. The van der Waals surface area contributed by atoms with Gasteiger partial charge >= 0.3 is 5.97 Å². The van der Waals surface area contributed by atoms with Gasteiger partial charge < -0.3 is 10.1 Å². The van der Waals surface area contributed by atoms with Crippen LogP contribution in [0.5, 0.6) is 0 Å². The second-order valence-electron chi connectivity index (χ2n) is 5.07. The zero-order valence-corrected chi connectivity index (χ0v) is 10.8. The summed E-state index contributed by atoms with van der Waals surface area (Å²) < 4.78 is 4.69. The maximum absolute atomic E-state index is 11.9. The first kappa shape index (κ1) is 13.7. The van der Waals surface area contributed by atoms with Gasteiger partial charge in [0.05, 0.1) is 12.5 Å². The monoisotopic (exact) mass is 239 g/mol. The average Bonchev–Trinajstić information content (AvgIpc) is 2.36. The molecule has 0 radical (unpaired) electrons. The predicted octanol–water partition coefficient (Wildman–Crippen LogP) is 1.66. The molecule has 1 aliphatic carbocycles. The molecule has 0 spiro atoms. The van der Waals surface area contributed by atoms with E-state index in [-0.39, 0.29) is 17.8 Å². The molecule has 4 nitrogen and oxygen atoms in total. The number of nitrogens with one attached hydrogen (secondary N) is 1. The van der Waals surface area contributed by atoms with Gasteiger partial charge in [0, 0.05) is 12.5 Å². The van der Waals surface area contributed by atoms with Crippen LogP contribution in [0.2, 0.25) is 0 Å². The van der Waals surface area contributed by atoms with Gasteiger partial charge in [-0.3, -0.25) is 9.59 Å². The van der Waals surface area contributed by atoms with Gasteiger partial charge in [-0.2, -0.15) is 0 Å². The van der Waals surface area contributed by atoms with E-state index in [1.165, 1.54) is 7.11 Å². The summed E-state index contributed by atoms with van der Waals surface area (Å²) in [6.07, 6.45) is 6.78. The molecule has 0 fully saturated rings. The molecule has 17 heavy (non-hydrogen) atoms. The first-order valence-corrected chi connectivity index (χ1v) is 5.98. The third-order valence-corrected chi connectivity index (χ3v) is 3.08. The highest BCUT2D eigenvalue weighted by Gasteiger charge is 2.30. The van der Waals surface area contributed by atoms with E-state index in [9.17, 15) is 9.59 Å². The maximum Gasteiger partial charge on any atom is 0.313 e. The van der Waals surface area contributed by atoms with Crippen LogP contribution in [0.15, 0.2) is 12.2 Å². The second-order valence-corrected chi connectivity index (χ2v) is 5.07. The zero-order chi connectivity index (χ0) is 12.9. The Bertz CT molecular complexity index is 321. The topological polar surface area (TPSA) is 55.4 Å². The van der Waals surface area contributed by atoms with Crippen molar-refractivity contribution in [1.29, 1.82) is 0 Å². The van der Waals surface area contributed by atoms with Gasteiger partial charge in [-0.15, -0.1) is 0 Å². The molecule has 1 amide bonds. The van der Waals surface area contributed by atoms with Gasteiger partial charge in [-0.1, -0.05) is 12.2 Å². The summed E-state index contributed by atoms with van der Waals surface area (Å²) in [5.74, 6) is -0.221. The minimum atomic E-state index is -0.672. The van der Waals surface area contributed by atoms with Gasteiger partial charge in [-0.25, -0.2) is 0 Å². The Morgan fingerprint density at radius 1 is 1.41 bits per heavy atom. The molecule has 96 valence electrons. The van der Waals surface area contributed by atoms with Crippen molar-refractivity contribution in [2.24, 2.45) is 11.3 Å². The molecule has 0 bridgehead atoms. The number of hydrogen-bond donors (Lipinski definition) is 1. The second kappa shape index (κ2) is 5.84. The number of methoxy groups -OCH3 is 1. The molecule has 1 N–H and O–H groups in total. The van der Waals surface area contributed by atoms with E-state index in [2.05, 4.69) is 11.4 Å². The molecule has 0 aromatic rings. The highest BCUT2D eigenvalue weighted by atomic mass is 16.5. The van der Waals surface area contributed by atoms with Gasteiger partial charge in [-0.05, 0) is 33.1 Å².